The van der Waals surface area contributed by atoms with Crippen LogP contribution in [0.25, 0.3) is 0 Å². The van der Waals surface area contributed by atoms with E-state index in [1.807, 2.05) is 0 Å². The van der Waals surface area contributed by atoms with Crippen LogP contribution in [0, 0.1) is 16.5 Å². The average molecular weight is 314 g/mol. The van der Waals surface area contributed by atoms with Crippen molar-refractivity contribution in [1.82, 2.24) is 5.32 Å². The zero-order valence-electron chi connectivity index (χ0n) is 13.0. The van der Waals surface area contributed by atoms with Crippen LogP contribution in [0.2, 0.25) is 0 Å². The minimum atomic E-state index is -0.673. The summed E-state index contributed by atoms with van der Waals surface area (Å²) in [6.07, 6.45) is 0. The molecule has 1 unspecified atom stereocenters. The van der Waals surface area contributed by atoms with Crippen LogP contribution in [-0.4, -0.2) is 18.3 Å². The Labute approximate surface area is 133 Å². The Morgan fingerprint density at radius 2 is 2.13 bits per heavy atom. The van der Waals surface area contributed by atoms with Gasteiger partial charge in [-0.1, -0.05) is 12.1 Å². The molecule has 1 atom stereocenters. The molecule has 0 aromatic heterocycles. The molecule has 0 bridgehead atoms. The first-order chi connectivity index (χ1) is 10.9. The number of anilines is 1. The van der Waals surface area contributed by atoms with Gasteiger partial charge in [-0.25, -0.2) is 4.79 Å². The molecule has 1 heterocycles. The molecule has 1 aromatic carbocycles. The van der Waals surface area contributed by atoms with E-state index in [1.54, 1.807) is 26.0 Å². The Balaban J connectivity index is 2.66. The molecule has 0 amide bonds. The molecule has 23 heavy (non-hydrogen) atoms. The maximum absolute atomic E-state index is 12.2. The van der Waals surface area contributed by atoms with Crippen molar-refractivity contribution in [3.63, 3.8) is 0 Å². The van der Waals surface area contributed by atoms with Crippen LogP contribution >= 0.6 is 0 Å². The molecule has 2 rings (SSSR count). The lowest BCUT2D eigenvalue weighted by atomic mass is 9.81. The molecule has 0 saturated heterocycles. The summed E-state index contributed by atoms with van der Waals surface area (Å²) in [5.74, 6) is -1.23. The van der Waals surface area contributed by atoms with E-state index in [2.05, 4.69) is 11.4 Å². The van der Waals surface area contributed by atoms with Crippen molar-refractivity contribution < 1.29 is 14.7 Å². The summed E-state index contributed by atoms with van der Waals surface area (Å²) >= 11 is 0. The zero-order valence-corrected chi connectivity index (χ0v) is 13.0. The van der Waals surface area contributed by atoms with Gasteiger partial charge in [-0.3, -0.25) is 5.21 Å². The van der Waals surface area contributed by atoms with Gasteiger partial charge in [0.25, 0.3) is 0 Å². The van der Waals surface area contributed by atoms with E-state index in [4.69, 9.17) is 9.94 Å². The minimum absolute atomic E-state index is 0.0119. The summed E-state index contributed by atoms with van der Waals surface area (Å²) in [4.78, 5) is 12.2. The van der Waals surface area contributed by atoms with Gasteiger partial charge in [-0.15, -0.1) is 0 Å². The Bertz CT molecular complexity index is 744. The molecule has 0 saturated carbocycles. The van der Waals surface area contributed by atoms with Gasteiger partial charge in [0.05, 0.1) is 35.9 Å². The normalized spacial score (nSPS) is 17.5. The fourth-order valence-electron chi connectivity index (χ4n) is 2.68. The Kier molecular flexibility index (Phi) is 4.69. The number of nitriles is 1. The Morgan fingerprint density at radius 1 is 1.43 bits per heavy atom. The summed E-state index contributed by atoms with van der Waals surface area (Å²) in [6.45, 7) is 3.45. The number of esters is 1. The quantitative estimate of drug-likeness (QED) is 0.651. The van der Waals surface area contributed by atoms with Crippen LogP contribution in [0.15, 0.2) is 46.8 Å². The van der Waals surface area contributed by atoms with Crippen LogP contribution in [-0.2, 0) is 9.53 Å². The molecule has 1 aliphatic rings. The first-order valence-corrected chi connectivity index (χ1v) is 6.83. The maximum atomic E-state index is 12.2. The van der Waals surface area contributed by atoms with Gasteiger partial charge in [0, 0.05) is 11.4 Å². The molecule has 0 radical (unpaired) electrons. The number of ether oxygens (including phenoxy) is 1. The molecule has 7 nitrogen and oxygen atoms in total. The van der Waals surface area contributed by atoms with Crippen molar-refractivity contribution in [1.29, 1.82) is 5.26 Å². The molecule has 7 heteroatoms. The fourth-order valence-corrected chi connectivity index (χ4v) is 2.68. The highest BCUT2D eigenvalue weighted by atomic mass is 16.8. The Hall–Kier alpha value is -2.82. The number of rotatable bonds is 3. The highest BCUT2D eigenvalue weighted by molar-refractivity contribution is 5.93. The van der Waals surface area contributed by atoms with Crippen LogP contribution in [0.4, 0.5) is 5.69 Å². The first-order valence-electron chi connectivity index (χ1n) is 6.83. The van der Waals surface area contributed by atoms with E-state index in [0.29, 0.717) is 28.1 Å². The summed E-state index contributed by atoms with van der Waals surface area (Å²) in [5.41, 5.74) is 2.39. The molecule has 2 N–H and O–H groups in total. The van der Waals surface area contributed by atoms with Gasteiger partial charge < -0.3 is 20.5 Å². The van der Waals surface area contributed by atoms with Gasteiger partial charge in [-0.05, 0) is 31.5 Å². The maximum Gasteiger partial charge on any atom is 0.336 e. The lowest BCUT2D eigenvalue weighted by molar-refractivity contribution is -0.136. The van der Waals surface area contributed by atoms with Crippen molar-refractivity contribution in [2.75, 3.05) is 12.3 Å². The second kappa shape index (κ2) is 6.52. The minimum Gasteiger partial charge on any atom is -0.733 e. The van der Waals surface area contributed by atoms with E-state index >= 15 is 0 Å². The number of nitrogens with zero attached hydrogens (tertiary/aromatic N) is 2. The van der Waals surface area contributed by atoms with Gasteiger partial charge >= 0.3 is 5.97 Å². The number of hydrogen-bond donors (Lipinski definition) is 2. The lowest BCUT2D eigenvalue weighted by Crippen LogP contribution is -2.28. The molecular weight excluding hydrogens is 298 g/mol. The second-order valence-corrected chi connectivity index (χ2v) is 5.11. The summed E-state index contributed by atoms with van der Waals surface area (Å²) in [7, 11) is 1.26. The lowest BCUT2D eigenvalue weighted by Gasteiger charge is -2.29. The van der Waals surface area contributed by atoms with E-state index < -0.39 is 11.9 Å². The molecule has 1 aromatic rings. The standard InChI is InChI=1S/C16H16N3O4/c1-9-13(8-17)15(14(10(2)18-9)16(20)23-3)11-5-4-6-12(7-11)19(21)22/h4-7,15,18,21H,1-3H3/q-1. The number of methoxy groups -OCH3 is 1. The summed E-state index contributed by atoms with van der Waals surface area (Å²) in [6, 6.07) is 8.22. The smallest absolute Gasteiger partial charge is 0.336 e. The second-order valence-electron chi connectivity index (χ2n) is 5.11. The largest absolute Gasteiger partial charge is 0.733 e. The Morgan fingerprint density at radius 3 is 2.70 bits per heavy atom. The third kappa shape index (κ3) is 3.04. The molecular formula is C16H16N3O4-. The first kappa shape index (κ1) is 16.5. The molecule has 1 aliphatic heterocycles. The molecule has 120 valence electrons. The van der Waals surface area contributed by atoms with E-state index in [0.717, 1.165) is 0 Å². The van der Waals surface area contributed by atoms with E-state index in [-0.39, 0.29) is 10.9 Å². The van der Waals surface area contributed by atoms with Crippen molar-refractivity contribution in [2.24, 2.45) is 0 Å². The van der Waals surface area contributed by atoms with Gasteiger partial charge in [0.1, 0.15) is 0 Å². The predicted octanol–water partition coefficient (Wildman–Crippen LogP) is 2.31. The number of carbonyl (C=O) groups excluding carboxylic acids is 1. The summed E-state index contributed by atoms with van der Waals surface area (Å²) in [5, 5.41) is 32.4. The number of dihydropyridines is 1. The van der Waals surface area contributed by atoms with Crippen molar-refractivity contribution in [3.05, 3.63) is 57.6 Å². The topological polar surface area (TPSA) is 109 Å². The van der Waals surface area contributed by atoms with Crippen LogP contribution < -0.4 is 10.5 Å². The number of allylic oxidation sites excluding steroid dienone is 3. The van der Waals surface area contributed by atoms with Gasteiger partial charge in [0.2, 0.25) is 0 Å². The number of carbonyl (C=O) groups is 1. The van der Waals surface area contributed by atoms with Crippen molar-refractivity contribution >= 4 is 11.7 Å². The van der Waals surface area contributed by atoms with Crippen molar-refractivity contribution in [3.8, 4) is 6.07 Å². The van der Waals surface area contributed by atoms with E-state index in [9.17, 15) is 15.3 Å². The highest BCUT2D eigenvalue weighted by Crippen LogP contribution is 2.39. The van der Waals surface area contributed by atoms with Gasteiger partial charge in [-0.2, -0.15) is 5.26 Å². The number of benzene rings is 1. The molecule has 0 aliphatic carbocycles. The third-order valence-electron chi connectivity index (χ3n) is 3.71. The molecule has 0 spiro atoms. The number of hydrogen-bond acceptors (Lipinski definition) is 7. The molecule has 0 fully saturated rings. The average Bonchev–Trinajstić information content (AvgIpc) is 2.53. The van der Waals surface area contributed by atoms with Crippen LogP contribution in [0.1, 0.15) is 25.3 Å². The monoisotopic (exact) mass is 314 g/mol. The third-order valence-corrected chi connectivity index (χ3v) is 3.71. The number of nitrogens with one attached hydrogen (secondary N) is 1. The van der Waals surface area contributed by atoms with Crippen LogP contribution in [0.5, 0.6) is 0 Å². The predicted molar refractivity (Wildman–Crippen MR) is 83.0 cm³/mol. The summed E-state index contributed by atoms with van der Waals surface area (Å²) < 4.78 is 4.83. The van der Waals surface area contributed by atoms with Crippen LogP contribution in [0.3, 0.4) is 0 Å². The zero-order chi connectivity index (χ0) is 17.1. The SMILES string of the molecule is COC(=O)C1=C(C)NC(C)=C(C#N)C1c1cccc(N([O-])O)c1. The van der Waals surface area contributed by atoms with Crippen molar-refractivity contribution in [2.45, 2.75) is 19.8 Å². The van der Waals surface area contributed by atoms with Gasteiger partial charge in [0.15, 0.2) is 0 Å². The highest BCUT2D eigenvalue weighted by Gasteiger charge is 2.33. The fraction of sp³-hybridized carbons (Fsp3) is 0.250. The van der Waals surface area contributed by atoms with E-state index in [1.165, 1.54) is 19.2 Å².